The van der Waals surface area contributed by atoms with Crippen LogP contribution in [-0.2, 0) is 6.42 Å². The standard InChI is InChI=1S/C13H13N3OS/c1-18-10-5-3-2-4-8(10)11-9-6-7-14-12(9)16-13(17)15-11/h2-5H,6-7H2,1H3,(H2,14,15,16,17). The zero-order chi connectivity index (χ0) is 12.5. The molecule has 0 unspecified atom stereocenters. The van der Waals surface area contributed by atoms with Gasteiger partial charge in [-0.05, 0) is 18.7 Å². The highest BCUT2D eigenvalue weighted by Gasteiger charge is 2.19. The van der Waals surface area contributed by atoms with Crippen LogP contribution in [0.15, 0.2) is 34.0 Å². The van der Waals surface area contributed by atoms with E-state index in [1.807, 2.05) is 24.5 Å². The number of hydrogen-bond donors (Lipinski definition) is 2. The molecule has 0 fully saturated rings. The third kappa shape index (κ3) is 1.80. The van der Waals surface area contributed by atoms with Gasteiger partial charge in [-0.1, -0.05) is 18.2 Å². The molecule has 2 heterocycles. The molecule has 0 saturated carbocycles. The van der Waals surface area contributed by atoms with Crippen molar-refractivity contribution in [3.63, 3.8) is 0 Å². The first-order valence-electron chi connectivity index (χ1n) is 5.80. The second-order valence-corrected chi connectivity index (χ2v) is 4.97. The zero-order valence-corrected chi connectivity index (χ0v) is 10.8. The second kappa shape index (κ2) is 4.49. The molecule has 0 radical (unpaired) electrons. The summed E-state index contributed by atoms with van der Waals surface area (Å²) in [7, 11) is 0. The first-order chi connectivity index (χ1) is 8.79. The predicted octanol–water partition coefficient (Wildman–Crippen LogP) is 2.13. The number of thioether (sulfide) groups is 1. The molecule has 0 aliphatic carbocycles. The minimum Gasteiger partial charge on any atom is -0.369 e. The highest BCUT2D eigenvalue weighted by Crippen LogP contribution is 2.33. The van der Waals surface area contributed by atoms with Gasteiger partial charge in [-0.15, -0.1) is 11.8 Å². The number of anilines is 1. The molecule has 0 amide bonds. The summed E-state index contributed by atoms with van der Waals surface area (Å²) in [6, 6.07) is 8.10. The minimum absolute atomic E-state index is 0.297. The second-order valence-electron chi connectivity index (χ2n) is 4.12. The van der Waals surface area contributed by atoms with Gasteiger partial charge in [0.15, 0.2) is 0 Å². The van der Waals surface area contributed by atoms with Gasteiger partial charge in [0.1, 0.15) is 5.82 Å². The lowest BCUT2D eigenvalue weighted by atomic mass is 10.1. The molecule has 5 heteroatoms. The van der Waals surface area contributed by atoms with Gasteiger partial charge < -0.3 is 10.3 Å². The molecular weight excluding hydrogens is 246 g/mol. The van der Waals surface area contributed by atoms with Crippen LogP contribution in [0.3, 0.4) is 0 Å². The van der Waals surface area contributed by atoms with E-state index in [-0.39, 0.29) is 5.69 Å². The Morgan fingerprint density at radius 3 is 3.00 bits per heavy atom. The Bertz CT molecular complexity index is 651. The number of nitrogens with one attached hydrogen (secondary N) is 2. The smallest absolute Gasteiger partial charge is 0.347 e. The summed E-state index contributed by atoms with van der Waals surface area (Å²) >= 11 is 1.68. The van der Waals surface area contributed by atoms with Gasteiger partial charge in [0, 0.05) is 22.6 Å². The van der Waals surface area contributed by atoms with Gasteiger partial charge in [0.2, 0.25) is 0 Å². The van der Waals surface area contributed by atoms with Crippen molar-refractivity contribution in [3.8, 4) is 11.3 Å². The Labute approximate surface area is 109 Å². The topological polar surface area (TPSA) is 57.8 Å². The lowest BCUT2D eigenvalue weighted by molar-refractivity contribution is 1.05. The normalized spacial score (nSPS) is 13.2. The predicted molar refractivity (Wildman–Crippen MR) is 74.3 cm³/mol. The van der Waals surface area contributed by atoms with Crippen LogP contribution in [0.25, 0.3) is 11.3 Å². The lowest BCUT2D eigenvalue weighted by Gasteiger charge is -2.10. The van der Waals surface area contributed by atoms with E-state index >= 15 is 0 Å². The molecule has 1 aliphatic rings. The number of rotatable bonds is 2. The van der Waals surface area contributed by atoms with Crippen molar-refractivity contribution >= 4 is 17.6 Å². The Balaban J connectivity index is 2.26. The van der Waals surface area contributed by atoms with E-state index in [2.05, 4.69) is 21.4 Å². The number of aromatic nitrogens is 2. The van der Waals surface area contributed by atoms with E-state index in [9.17, 15) is 4.79 Å². The average molecular weight is 259 g/mol. The third-order valence-corrected chi connectivity index (χ3v) is 3.87. The zero-order valence-electron chi connectivity index (χ0n) is 9.99. The first kappa shape index (κ1) is 11.3. The molecule has 0 bridgehead atoms. The number of aromatic amines is 1. The van der Waals surface area contributed by atoms with Crippen LogP contribution in [0.4, 0.5) is 5.82 Å². The highest BCUT2D eigenvalue weighted by molar-refractivity contribution is 7.98. The van der Waals surface area contributed by atoms with Gasteiger partial charge in [0.25, 0.3) is 0 Å². The number of fused-ring (bicyclic) bond motifs is 1. The van der Waals surface area contributed by atoms with E-state index in [1.54, 1.807) is 11.8 Å². The molecule has 18 heavy (non-hydrogen) atoms. The molecule has 4 nitrogen and oxygen atoms in total. The van der Waals surface area contributed by atoms with E-state index in [0.29, 0.717) is 0 Å². The maximum absolute atomic E-state index is 11.6. The van der Waals surface area contributed by atoms with Crippen molar-refractivity contribution in [2.24, 2.45) is 0 Å². The Morgan fingerprint density at radius 2 is 2.17 bits per heavy atom. The fourth-order valence-corrected chi connectivity index (χ4v) is 2.88. The number of hydrogen-bond acceptors (Lipinski definition) is 4. The largest absolute Gasteiger partial charge is 0.369 e. The van der Waals surface area contributed by atoms with Crippen LogP contribution < -0.4 is 11.0 Å². The van der Waals surface area contributed by atoms with Crippen LogP contribution in [-0.4, -0.2) is 22.8 Å². The third-order valence-electron chi connectivity index (χ3n) is 3.08. The molecule has 2 N–H and O–H groups in total. The highest BCUT2D eigenvalue weighted by atomic mass is 32.2. The molecule has 1 aromatic heterocycles. The van der Waals surface area contributed by atoms with Crippen molar-refractivity contribution < 1.29 is 0 Å². The minimum atomic E-state index is -0.297. The Morgan fingerprint density at radius 1 is 1.33 bits per heavy atom. The van der Waals surface area contributed by atoms with Crippen molar-refractivity contribution in [1.82, 2.24) is 9.97 Å². The molecule has 0 atom stereocenters. The van der Waals surface area contributed by atoms with Gasteiger partial charge in [-0.3, -0.25) is 0 Å². The number of nitrogens with zero attached hydrogens (tertiary/aromatic N) is 1. The summed E-state index contributed by atoms with van der Waals surface area (Å²) in [5, 5.41) is 3.15. The van der Waals surface area contributed by atoms with Crippen molar-refractivity contribution in [1.29, 1.82) is 0 Å². The van der Waals surface area contributed by atoms with Crippen molar-refractivity contribution in [2.45, 2.75) is 11.3 Å². The van der Waals surface area contributed by atoms with E-state index in [1.165, 1.54) is 0 Å². The van der Waals surface area contributed by atoms with Crippen LogP contribution >= 0.6 is 11.8 Å². The van der Waals surface area contributed by atoms with Gasteiger partial charge in [-0.25, -0.2) is 4.79 Å². The SMILES string of the molecule is CSc1ccccc1-c1[nH]c(=O)nc2c1CCN2. The monoisotopic (exact) mass is 259 g/mol. The van der Waals surface area contributed by atoms with Crippen LogP contribution in [0.5, 0.6) is 0 Å². The van der Waals surface area contributed by atoms with E-state index in [0.717, 1.165) is 40.5 Å². The molecular formula is C13H13N3OS. The fraction of sp³-hybridized carbons (Fsp3) is 0.231. The van der Waals surface area contributed by atoms with E-state index in [4.69, 9.17) is 0 Å². The number of H-pyrrole nitrogens is 1. The maximum atomic E-state index is 11.6. The average Bonchev–Trinajstić information content (AvgIpc) is 2.85. The quantitative estimate of drug-likeness (QED) is 0.811. The molecule has 1 aromatic carbocycles. The van der Waals surface area contributed by atoms with Crippen molar-refractivity contribution in [2.75, 3.05) is 18.1 Å². The first-order valence-corrected chi connectivity index (χ1v) is 7.02. The van der Waals surface area contributed by atoms with Gasteiger partial charge >= 0.3 is 5.69 Å². The van der Waals surface area contributed by atoms with Crippen LogP contribution in [0, 0.1) is 0 Å². The summed E-state index contributed by atoms with van der Waals surface area (Å²) in [4.78, 5) is 19.6. The van der Waals surface area contributed by atoms with Gasteiger partial charge in [-0.2, -0.15) is 4.98 Å². The van der Waals surface area contributed by atoms with Crippen molar-refractivity contribution in [3.05, 3.63) is 40.3 Å². The number of benzene rings is 1. The molecule has 3 rings (SSSR count). The maximum Gasteiger partial charge on any atom is 0.347 e. The lowest BCUT2D eigenvalue weighted by Crippen LogP contribution is -2.13. The Hall–Kier alpha value is -1.75. The molecule has 0 spiro atoms. The summed E-state index contributed by atoms with van der Waals surface area (Å²) in [6.45, 7) is 0.841. The molecule has 92 valence electrons. The molecule has 1 aliphatic heterocycles. The summed E-state index contributed by atoms with van der Waals surface area (Å²) in [5.74, 6) is 0.727. The molecule has 0 saturated heterocycles. The fourth-order valence-electron chi connectivity index (χ4n) is 2.27. The van der Waals surface area contributed by atoms with E-state index < -0.39 is 0 Å². The summed E-state index contributed by atoms with van der Waals surface area (Å²) in [6.07, 6.45) is 2.94. The summed E-state index contributed by atoms with van der Waals surface area (Å²) in [5.41, 5.74) is 2.79. The van der Waals surface area contributed by atoms with Crippen LogP contribution in [0.1, 0.15) is 5.56 Å². The van der Waals surface area contributed by atoms with Gasteiger partial charge in [0.05, 0.1) is 5.69 Å². The molecule has 2 aromatic rings. The summed E-state index contributed by atoms with van der Waals surface area (Å²) < 4.78 is 0. The van der Waals surface area contributed by atoms with Crippen LogP contribution in [0.2, 0.25) is 0 Å². The Kier molecular flexibility index (Phi) is 2.83.